The van der Waals surface area contributed by atoms with Crippen LogP contribution in [0, 0.1) is 10.7 Å². The van der Waals surface area contributed by atoms with Gasteiger partial charge in [-0.2, -0.15) is 5.26 Å². The summed E-state index contributed by atoms with van der Waals surface area (Å²) < 4.78 is 0. The molecule has 2 nitrogen and oxygen atoms in total. The fraction of sp³-hybridized carbons (Fsp3) is 0. The van der Waals surface area contributed by atoms with Crippen molar-refractivity contribution < 1.29 is 69.9 Å². The topological polar surface area (TPSA) is 49.8 Å². The van der Waals surface area contributed by atoms with E-state index in [2.05, 4.69) is 5.14 Å². The van der Waals surface area contributed by atoms with Gasteiger partial charge < -0.3 is 1.43 Å². The van der Waals surface area contributed by atoms with Crippen molar-refractivity contribution in [3.63, 3.8) is 0 Å². The molecule has 0 aliphatic carbocycles. The van der Waals surface area contributed by atoms with Crippen LogP contribution in [-0.4, -0.2) is 0 Å². The molecule has 0 saturated heterocycles. The Morgan fingerprint density at radius 1 is 1.83 bits per heavy atom. The Bertz CT molecular complexity index is 47.4. The minimum atomic E-state index is 0. The quantitative estimate of drug-likeness (QED) is 0.242. The van der Waals surface area contributed by atoms with Gasteiger partial charge in [0.25, 0.3) is 0 Å². The predicted molar refractivity (Wildman–Crippen MR) is 18.5 cm³/mol. The van der Waals surface area contributed by atoms with E-state index in [1.807, 2.05) is 0 Å². The minimum Gasteiger partial charge on any atom is -1.00 e. The van der Waals surface area contributed by atoms with Crippen LogP contribution in [0.15, 0.2) is 0 Å². The standard InChI is InChI=1S/CH2N2S.Fe.K.H/c2-1-4-3;;;/h3H2;;;/q;;+1;-1. The van der Waals surface area contributed by atoms with Crippen LogP contribution in [0.5, 0.6) is 0 Å². The summed E-state index contributed by atoms with van der Waals surface area (Å²) in [6.45, 7) is 0. The molecule has 0 saturated carbocycles. The molecule has 5 heteroatoms. The van der Waals surface area contributed by atoms with Crippen LogP contribution < -0.4 is 56.5 Å². The largest absolute Gasteiger partial charge is 1.00 e. The number of nitriles is 1. The summed E-state index contributed by atoms with van der Waals surface area (Å²) in [5.41, 5.74) is 0. The number of rotatable bonds is 0. The molecule has 0 radical (unpaired) electrons. The van der Waals surface area contributed by atoms with Crippen LogP contribution in [0.4, 0.5) is 0 Å². The molecular formula is CH3FeKN2S. The van der Waals surface area contributed by atoms with Crippen molar-refractivity contribution in [3.05, 3.63) is 0 Å². The first-order valence-electron chi connectivity index (χ1n) is 0.663. The van der Waals surface area contributed by atoms with E-state index in [4.69, 9.17) is 5.26 Å². The van der Waals surface area contributed by atoms with Crippen LogP contribution in [0.25, 0.3) is 0 Å². The fourth-order valence-electron chi connectivity index (χ4n) is 0. The van der Waals surface area contributed by atoms with Crippen molar-refractivity contribution in [3.8, 4) is 5.40 Å². The van der Waals surface area contributed by atoms with E-state index >= 15 is 0 Å². The van der Waals surface area contributed by atoms with Crippen LogP contribution in [0.2, 0.25) is 0 Å². The van der Waals surface area contributed by atoms with E-state index in [1.54, 1.807) is 5.40 Å². The zero-order valence-corrected chi connectivity index (χ0v) is 8.33. The van der Waals surface area contributed by atoms with Crippen molar-refractivity contribution in [2.45, 2.75) is 0 Å². The maximum atomic E-state index is 7.46. The zero-order chi connectivity index (χ0) is 3.41. The summed E-state index contributed by atoms with van der Waals surface area (Å²) in [4.78, 5) is 0. The van der Waals surface area contributed by atoms with Gasteiger partial charge in [-0.1, -0.05) is 0 Å². The molecule has 0 bridgehead atoms. The Morgan fingerprint density at radius 2 is 2.00 bits per heavy atom. The van der Waals surface area contributed by atoms with Gasteiger partial charge in [0, 0.05) is 29.0 Å². The molecule has 6 heavy (non-hydrogen) atoms. The zero-order valence-electron chi connectivity index (χ0n) is 4.29. The molecular weight excluding hydrogens is 167 g/mol. The number of hydrogen-bond donors (Lipinski definition) is 1. The molecule has 0 rings (SSSR count). The Hall–Kier alpha value is 1.96. The van der Waals surface area contributed by atoms with Crippen molar-refractivity contribution in [1.82, 2.24) is 0 Å². The normalized spacial score (nSPS) is 3.33. The molecule has 0 aromatic heterocycles. The third-order valence-corrected chi connectivity index (χ3v) is 0.158. The number of thiocyanates is 1. The Labute approximate surface area is 95.7 Å². The Kier molecular flexibility index (Phi) is 41.2. The average molecular weight is 170 g/mol. The summed E-state index contributed by atoms with van der Waals surface area (Å²) in [5.74, 6) is 0. The van der Waals surface area contributed by atoms with E-state index in [9.17, 15) is 0 Å². The van der Waals surface area contributed by atoms with Gasteiger partial charge in [0.1, 0.15) is 5.40 Å². The third kappa shape index (κ3) is 16.7. The first-order valence-corrected chi connectivity index (χ1v) is 1.54. The molecule has 0 heterocycles. The van der Waals surface area contributed by atoms with Crippen LogP contribution in [0.1, 0.15) is 1.43 Å². The van der Waals surface area contributed by atoms with Gasteiger partial charge >= 0.3 is 51.4 Å². The minimum absolute atomic E-state index is 0. The van der Waals surface area contributed by atoms with Gasteiger partial charge in [-0.05, 0) is 0 Å². The molecule has 0 aromatic carbocycles. The van der Waals surface area contributed by atoms with Crippen LogP contribution in [-0.2, 0) is 17.1 Å². The van der Waals surface area contributed by atoms with E-state index in [-0.39, 0.29) is 69.9 Å². The van der Waals surface area contributed by atoms with Crippen molar-refractivity contribution in [2.75, 3.05) is 0 Å². The second kappa shape index (κ2) is 15.8. The number of nitrogens with zero attached hydrogens (tertiary/aromatic N) is 1. The fourth-order valence-corrected chi connectivity index (χ4v) is 0. The number of hydrogen-bond acceptors (Lipinski definition) is 3. The summed E-state index contributed by atoms with van der Waals surface area (Å²) in [6.07, 6.45) is 0. The van der Waals surface area contributed by atoms with E-state index in [0.717, 1.165) is 0 Å². The molecule has 0 aromatic rings. The molecule has 0 unspecified atom stereocenters. The summed E-state index contributed by atoms with van der Waals surface area (Å²) >= 11 is 0.662. The maximum Gasteiger partial charge on any atom is 1.00 e. The van der Waals surface area contributed by atoms with E-state index in [1.165, 1.54) is 0 Å². The summed E-state index contributed by atoms with van der Waals surface area (Å²) in [5, 5.41) is 13.7. The second-order valence-corrected chi connectivity index (χ2v) is 0.627. The van der Waals surface area contributed by atoms with Crippen molar-refractivity contribution in [2.24, 2.45) is 5.14 Å². The van der Waals surface area contributed by atoms with Gasteiger partial charge in [-0.3, -0.25) is 5.14 Å². The van der Waals surface area contributed by atoms with E-state index < -0.39 is 0 Å². The Balaban J connectivity index is -0.0000000150. The molecule has 0 spiro atoms. The third-order valence-electron chi connectivity index (χ3n) is 0.0527. The van der Waals surface area contributed by atoms with Gasteiger partial charge in [-0.15, -0.1) is 0 Å². The Morgan fingerprint density at radius 3 is 2.00 bits per heavy atom. The van der Waals surface area contributed by atoms with Gasteiger partial charge in [0.15, 0.2) is 0 Å². The number of nitrogens with two attached hydrogens (primary N) is 1. The van der Waals surface area contributed by atoms with Gasteiger partial charge in [0.05, 0.1) is 0 Å². The van der Waals surface area contributed by atoms with E-state index in [0.29, 0.717) is 11.9 Å². The van der Waals surface area contributed by atoms with Crippen LogP contribution in [0.3, 0.4) is 0 Å². The van der Waals surface area contributed by atoms with Gasteiger partial charge in [-0.25, -0.2) is 0 Å². The van der Waals surface area contributed by atoms with Crippen molar-refractivity contribution >= 4 is 11.9 Å². The monoisotopic (exact) mass is 170 g/mol. The first kappa shape index (κ1) is 15.7. The van der Waals surface area contributed by atoms with Crippen LogP contribution >= 0.6 is 11.9 Å². The smallest absolute Gasteiger partial charge is 1.00 e. The predicted octanol–water partition coefficient (Wildman–Crippen LogP) is -2.81. The van der Waals surface area contributed by atoms with Gasteiger partial charge in [0.2, 0.25) is 0 Å². The molecule has 0 aliphatic rings. The van der Waals surface area contributed by atoms with Crippen molar-refractivity contribution in [1.29, 1.82) is 5.26 Å². The molecule has 0 atom stereocenters. The maximum absolute atomic E-state index is 7.46. The molecule has 32 valence electrons. The molecule has 0 amide bonds. The summed E-state index contributed by atoms with van der Waals surface area (Å²) in [7, 11) is 0. The second-order valence-electron chi connectivity index (χ2n) is 0.209. The molecule has 0 aliphatic heterocycles. The summed E-state index contributed by atoms with van der Waals surface area (Å²) in [6, 6.07) is 0. The SMILES string of the molecule is N#CSN.[Fe].[H-].[K+]. The first-order chi connectivity index (χ1) is 1.91. The molecule has 2 N–H and O–H groups in total. The molecule has 0 fully saturated rings. The average Bonchev–Trinajstić information content (AvgIpc) is 1.37.